The maximum Gasteiger partial charge on any atom is 0.241 e. The quantitative estimate of drug-likeness (QED) is 0.643. The van der Waals surface area contributed by atoms with Crippen LogP contribution in [0.25, 0.3) is 5.13 Å². The third kappa shape index (κ3) is 3.81. The molecule has 2 aromatic heterocycles. The molecule has 0 spiro atoms. The number of hydrogen-bond acceptors (Lipinski definition) is 9. The van der Waals surface area contributed by atoms with Crippen LogP contribution in [-0.2, 0) is 5.41 Å². The van der Waals surface area contributed by atoms with Gasteiger partial charge in [-0.2, -0.15) is 9.67 Å². The van der Waals surface area contributed by atoms with Crippen LogP contribution in [0.2, 0.25) is 0 Å². The van der Waals surface area contributed by atoms with Gasteiger partial charge in [-0.15, -0.1) is 16.4 Å². The van der Waals surface area contributed by atoms with E-state index in [0.717, 1.165) is 5.69 Å². The van der Waals surface area contributed by atoms with Gasteiger partial charge in [-0.25, -0.2) is 4.98 Å². The van der Waals surface area contributed by atoms with E-state index >= 15 is 0 Å². The maximum atomic E-state index is 5.85. The van der Waals surface area contributed by atoms with Crippen LogP contribution in [0.3, 0.4) is 0 Å². The summed E-state index contributed by atoms with van der Waals surface area (Å²) >= 11 is 1.47. The highest BCUT2D eigenvalue weighted by molar-refractivity contribution is 7.12. The highest BCUT2D eigenvalue weighted by Gasteiger charge is 2.21. The third-order valence-electron chi connectivity index (χ3n) is 3.99. The number of nitrogens with zero attached hydrogens (tertiary/aromatic N) is 4. The second-order valence-corrected chi connectivity index (χ2v) is 7.85. The molecule has 3 aromatic rings. The molecule has 2 heterocycles. The molecule has 28 heavy (non-hydrogen) atoms. The number of nitrogens with one attached hydrogen (secondary N) is 1. The molecule has 9 nitrogen and oxygen atoms in total. The Morgan fingerprint density at radius 2 is 1.68 bits per heavy atom. The van der Waals surface area contributed by atoms with Gasteiger partial charge in [0.25, 0.3) is 0 Å². The van der Waals surface area contributed by atoms with E-state index in [9.17, 15) is 0 Å². The van der Waals surface area contributed by atoms with E-state index in [2.05, 4.69) is 41.2 Å². The number of thiazole rings is 1. The first kappa shape index (κ1) is 19.7. The van der Waals surface area contributed by atoms with Gasteiger partial charge in [-0.1, -0.05) is 20.8 Å². The molecule has 0 radical (unpaired) electrons. The highest BCUT2D eigenvalue weighted by atomic mass is 32.1. The Balaban J connectivity index is 2.00. The van der Waals surface area contributed by atoms with Crippen molar-refractivity contribution in [1.82, 2.24) is 19.7 Å². The molecule has 0 saturated carbocycles. The van der Waals surface area contributed by atoms with Crippen LogP contribution in [0.15, 0.2) is 17.5 Å². The van der Waals surface area contributed by atoms with Crippen molar-refractivity contribution >= 4 is 28.9 Å². The average molecular weight is 404 g/mol. The summed E-state index contributed by atoms with van der Waals surface area (Å²) in [6.07, 6.45) is 0. The number of hydrogen-bond donors (Lipinski definition) is 2. The molecular formula is C18H24N6O3S. The van der Waals surface area contributed by atoms with Crippen molar-refractivity contribution in [3.05, 3.63) is 23.2 Å². The lowest BCUT2D eigenvalue weighted by molar-refractivity contribution is 0.324. The van der Waals surface area contributed by atoms with Crippen molar-refractivity contribution < 1.29 is 14.2 Å². The fraction of sp³-hybridized carbons (Fsp3) is 0.389. The Labute approximate surface area is 167 Å². The van der Waals surface area contributed by atoms with Crippen molar-refractivity contribution in [2.45, 2.75) is 26.2 Å². The van der Waals surface area contributed by atoms with E-state index in [0.29, 0.717) is 34.0 Å². The van der Waals surface area contributed by atoms with Crippen molar-refractivity contribution in [3.63, 3.8) is 0 Å². The van der Waals surface area contributed by atoms with Gasteiger partial charge in [-0.05, 0) is 0 Å². The fourth-order valence-corrected chi connectivity index (χ4v) is 3.53. The van der Waals surface area contributed by atoms with Crippen molar-refractivity contribution in [1.29, 1.82) is 0 Å². The Hall–Kier alpha value is -3.01. The van der Waals surface area contributed by atoms with Gasteiger partial charge >= 0.3 is 0 Å². The molecule has 0 aliphatic carbocycles. The minimum Gasteiger partial charge on any atom is -0.493 e. The lowest BCUT2D eigenvalue weighted by atomic mass is 9.93. The van der Waals surface area contributed by atoms with Gasteiger partial charge in [0.1, 0.15) is 0 Å². The lowest BCUT2D eigenvalue weighted by Crippen LogP contribution is -2.12. The maximum absolute atomic E-state index is 5.85. The van der Waals surface area contributed by atoms with Crippen LogP contribution < -0.4 is 25.3 Å². The van der Waals surface area contributed by atoms with E-state index in [-0.39, 0.29) is 11.4 Å². The average Bonchev–Trinajstić information content (AvgIpc) is 3.27. The summed E-state index contributed by atoms with van der Waals surface area (Å²) < 4.78 is 17.7. The predicted octanol–water partition coefficient (Wildman–Crippen LogP) is 3.37. The standard InChI is InChI=1S/C18H24N6O3S/c1-18(2,3)13-9-28-17(21-13)24-16(22-15(19)23-24)20-10-7-11(25-4)14(27-6)12(8-10)26-5/h7-9H,1-6H3,(H3,19,20,22,23). The molecule has 3 N–H and O–H groups in total. The Bertz CT molecular complexity index is 951. The lowest BCUT2D eigenvalue weighted by Gasteiger charge is -2.15. The topological polar surface area (TPSA) is 109 Å². The molecule has 10 heteroatoms. The Morgan fingerprint density at radius 1 is 1.04 bits per heavy atom. The molecule has 0 bridgehead atoms. The number of nitrogens with two attached hydrogens (primary N) is 1. The summed E-state index contributed by atoms with van der Waals surface area (Å²) in [5.74, 6) is 2.12. The van der Waals surface area contributed by atoms with Gasteiger partial charge in [0, 0.05) is 28.6 Å². The smallest absolute Gasteiger partial charge is 0.241 e. The first-order valence-corrected chi connectivity index (χ1v) is 9.40. The molecular weight excluding hydrogens is 380 g/mol. The number of aromatic nitrogens is 4. The minimum atomic E-state index is -0.0643. The van der Waals surface area contributed by atoms with Crippen LogP contribution in [0.1, 0.15) is 26.5 Å². The number of nitrogen functional groups attached to an aromatic ring is 1. The summed E-state index contributed by atoms with van der Waals surface area (Å²) in [7, 11) is 4.68. The minimum absolute atomic E-state index is 0.0643. The predicted molar refractivity (Wildman–Crippen MR) is 110 cm³/mol. The van der Waals surface area contributed by atoms with E-state index in [1.165, 1.54) is 11.3 Å². The number of anilines is 3. The second-order valence-electron chi connectivity index (χ2n) is 7.01. The highest BCUT2D eigenvalue weighted by Crippen LogP contribution is 2.40. The van der Waals surface area contributed by atoms with Crippen molar-refractivity contribution in [2.75, 3.05) is 32.4 Å². The van der Waals surface area contributed by atoms with E-state index < -0.39 is 0 Å². The number of ether oxygens (including phenoxy) is 3. The van der Waals surface area contributed by atoms with Crippen LogP contribution >= 0.6 is 11.3 Å². The summed E-state index contributed by atoms with van der Waals surface area (Å²) in [6.45, 7) is 6.32. The molecule has 0 fully saturated rings. The SMILES string of the molecule is COc1cc(Nc2nc(N)nn2-c2nc(C(C)(C)C)cs2)cc(OC)c1OC. The summed E-state index contributed by atoms with van der Waals surface area (Å²) in [4.78, 5) is 8.96. The number of rotatable bonds is 6. The van der Waals surface area contributed by atoms with Gasteiger partial charge in [0.2, 0.25) is 22.8 Å². The van der Waals surface area contributed by atoms with Crippen LogP contribution in [0, 0.1) is 0 Å². The van der Waals surface area contributed by atoms with Gasteiger partial charge in [0.15, 0.2) is 11.5 Å². The molecule has 150 valence electrons. The molecule has 0 unspecified atom stereocenters. The molecule has 0 amide bonds. The molecule has 1 aromatic carbocycles. The van der Waals surface area contributed by atoms with Crippen molar-refractivity contribution in [2.24, 2.45) is 0 Å². The molecule has 0 aliphatic heterocycles. The van der Waals surface area contributed by atoms with E-state index in [1.54, 1.807) is 38.1 Å². The third-order valence-corrected chi connectivity index (χ3v) is 4.80. The fourth-order valence-electron chi connectivity index (χ4n) is 2.53. The van der Waals surface area contributed by atoms with Gasteiger partial charge in [-0.3, -0.25) is 0 Å². The first-order chi connectivity index (χ1) is 13.3. The van der Waals surface area contributed by atoms with Crippen LogP contribution in [-0.4, -0.2) is 41.1 Å². The second kappa shape index (κ2) is 7.55. The number of benzene rings is 1. The molecule has 3 rings (SSSR count). The van der Waals surface area contributed by atoms with E-state index in [1.807, 2.05) is 5.38 Å². The van der Waals surface area contributed by atoms with Crippen LogP contribution in [0.4, 0.5) is 17.6 Å². The number of methoxy groups -OCH3 is 3. The zero-order chi connectivity index (χ0) is 20.5. The molecule has 0 atom stereocenters. The zero-order valence-electron chi connectivity index (χ0n) is 16.7. The Morgan fingerprint density at radius 3 is 2.18 bits per heavy atom. The van der Waals surface area contributed by atoms with Crippen molar-refractivity contribution in [3.8, 4) is 22.4 Å². The molecule has 0 saturated heterocycles. The van der Waals surface area contributed by atoms with Crippen LogP contribution in [0.5, 0.6) is 17.2 Å². The van der Waals surface area contributed by atoms with E-state index in [4.69, 9.17) is 19.9 Å². The monoisotopic (exact) mass is 404 g/mol. The zero-order valence-corrected chi connectivity index (χ0v) is 17.5. The van der Waals surface area contributed by atoms with Gasteiger partial charge < -0.3 is 25.3 Å². The summed E-state index contributed by atoms with van der Waals surface area (Å²) in [6, 6.07) is 3.55. The Kier molecular flexibility index (Phi) is 5.32. The normalized spacial score (nSPS) is 11.4. The summed E-state index contributed by atoms with van der Waals surface area (Å²) in [5, 5.41) is 10.2. The first-order valence-electron chi connectivity index (χ1n) is 8.52. The molecule has 0 aliphatic rings. The largest absolute Gasteiger partial charge is 0.493 e. The summed E-state index contributed by atoms with van der Waals surface area (Å²) in [5.41, 5.74) is 7.43. The van der Waals surface area contributed by atoms with Gasteiger partial charge in [0.05, 0.1) is 27.0 Å².